The van der Waals surface area contributed by atoms with Gasteiger partial charge in [-0.1, -0.05) is 11.6 Å². The van der Waals surface area contributed by atoms with Gasteiger partial charge in [-0.2, -0.15) is 0 Å². The SMILES string of the molecule is CC(C)=CCc1c(OCCN2CCCC2)ccc2ccc(=O)oc12. The molecule has 4 nitrogen and oxygen atoms in total. The summed E-state index contributed by atoms with van der Waals surface area (Å²) in [5, 5.41) is 0.929. The molecule has 0 atom stereocenters. The van der Waals surface area contributed by atoms with Gasteiger partial charge in [0.05, 0.1) is 0 Å². The molecule has 0 amide bonds. The highest BCUT2D eigenvalue weighted by atomic mass is 16.5. The maximum atomic E-state index is 11.6. The van der Waals surface area contributed by atoms with E-state index in [1.54, 1.807) is 6.07 Å². The van der Waals surface area contributed by atoms with Gasteiger partial charge >= 0.3 is 5.63 Å². The fourth-order valence-electron chi connectivity index (χ4n) is 3.10. The molecule has 1 fully saturated rings. The minimum absolute atomic E-state index is 0.324. The number of allylic oxidation sites excluding steroid dienone is 2. The molecule has 24 heavy (non-hydrogen) atoms. The van der Waals surface area contributed by atoms with Crippen molar-refractivity contribution in [3.8, 4) is 5.75 Å². The monoisotopic (exact) mass is 327 g/mol. The second-order valence-electron chi connectivity index (χ2n) is 6.60. The summed E-state index contributed by atoms with van der Waals surface area (Å²) >= 11 is 0. The van der Waals surface area contributed by atoms with Crippen LogP contribution in [0, 0.1) is 0 Å². The van der Waals surface area contributed by atoms with E-state index < -0.39 is 0 Å². The summed E-state index contributed by atoms with van der Waals surface area (Å²) in [6, 6.07) is 7.21. The van der Waals surface area contributed by atoms with Gasteiger partial charge in [-0.15, -0.1) is 0 Å². The molecule has 3 rings (SSSR count). The molecule has 1 saturated heterocycles. The van der Waals surface area contributed by atoms with Crippen molar-refractivity contribution in [3.05, 3.63) is 51.9 Å². The molecule has 128 valence electrons. The van der Waals surface area contributed by atoms with Crippen molar-refractivity contribution in [1.29, 1.82) is 0 Å². The zero-order valence-electron chi connectivity index (χ0n) is 14.5. The lowest BCUT2D eigenvalue weighted by molar-refractivity contribution is 0.236. The fraction of sp³-hybridized carbons (Fsp3) is 0.450. The number of hydrogen-bond acceptors (Lipinski definition) is 4. The van der Waals surface area contributed by atoms with Crippen molar-refractivity contribution >= 4 is 11.0 Å². The Kier molecular flexibility index (Phi) is 5.36. The topological polar surface area (TPSA) is 42.7 Å². The number of hydrogen-bond donors (Lipinski definition) is 0. The first-order valence-electron chi connectivity index (χ1n) is 8.68. The highest BCUT2D eigenvalue weighted by Crippen LogP contribution is 2.28. The molecule has 2 aromatic rings. The normalized spacial score (nSPS) is 14.9. The molecule has 0 saturated carbocycles. The van der Waals surface area contributed by atoms with Gasteiger partial charge in [0, 0.05) is 23.6 Å². The summed E-state index contributed by atoms with van der Waals surface area (Å²) in [7, 11) is 0. The van der Waals surface area contributed by atoms with Gasteiger partial charge in [-0.05, 0) is 64.4 Å². The summed E-state index contributed by atoms with van der Waals surface area (Å²) in [4.78, 5) is 14.1. The molecule has 0 spiro atoms. The molecule has 0 bridgehead atoms. The van der Waals surface area contributed by atoms with Gasteiger partial charge < -0.3 is 9.15 Å². The van der Waals surface area contributed by atoms with Crippen molar-refractivity contribution in [3.63, 3.8) is 0 Å². The Morgan fingerprint density at radius 3 is 2.71 bits per heavy atom. The Labute approximate surface area is 142 Å². The largest absolute Gasteiger partial charge is 0.492 e. The molecule has 1 aliphatic rings. The smallest absolute Gasteiger partial charge is 0.336 e. The summed E-state index contributed by atoms with van der Waals surface area (Å²) in [6.45, 7) is 8.06. The number of ether oxygens (including phenoxy) is 1. The summed E-state index contributed by atoms with van der Waals surface area (Å²) in [6.07, 6.45) is 5.40. The first kappa shape index (κ1) is 16.8. The Hall–Kier alpha value is -2.07. The van der Waals surface area contributed by atoms with E-state index in [1.807, 2.05) is 12.1 Å². The Bertz CT molecular complexity index is 781. The maximum Gasteiger partial charge on any atom is 0.336 e. The second kappa shape index (κ2) is 7.67. The predicted molar refractivity (Wildman–Crippen MR) is 96.8 cm³/mol. The minimum Gasteiger partial charge on any atom is -0.492 e. The summed E-state index contributed by atoms with van der Waals surface area (Å²) < 4.78 is 11.5. The van der Waals surface area contributed by atoms with Crippen molar-refractivity contribution < 1.29 is 9.15 Å². The predicted octanol–water partition coefficient (Wildman–Crippen LogP) is 3.78. The van der Waals surface area contributed by atoms with Crippen molar-refractivity contribution in [2.75, 3.05) is 26.2 Å². The van der Waals surface area contributed by atoms with Crippen LogP contribution in [0.1, 0.15) is 32.3 Å². The lowest BCUT2D eigenvalue weighted by Gasteiger charge is -2.17. The van der Waals surface area contributed by atoms with E-state index in [0.717, 1.165) is 23.2 Å². The highest BCUT2D eigenvalue weighted by molar-refractivity contribution is 5.82. The molecule has 4 heteroatoms. The molecular formula is C20H25NO3. The highest BCUT2D eigenvalue weighted by Gasteiger charge is 2.13. The number of rotatable bonds is 6. The van der Waals surface area contributed by atoms with E-state index in [0.29, 0.717) is 18.6 Å². The van der Waals surface area contributed by atoms with Gasteiger partial charge in [-0.25, -0.2) is 4.79 Å². The van der Waals surface area contributed by atoms with Gasteiger partial charge in [0.2, 0.25) is 0 Å². The Morgan fingerprint density at radius 1 is 1.21 bits per heavy atom. The Morgan fingerprint density at radius 2 is 1.96 bits per heavy atom. The van der Waals surface area contributed by atoms with E-state index >= 15 is 0 Å². The van der Waals surface area contributed by atoms with E-state index in [-0.39, 0.29) is 5.63 Å². The van der Waals surface area contributed by atoms with Crippen LogP contribution < -0.4 is 10.4 Å². The number of benzene rings is 1. The van der Waals surface area contributed by atoms with E-state index in [1.165, 1.54) is 37.6 Å². The molecule has 0 unspecified atom stereocenters. The van der Waals surface area contributed by atoms with Crippen LogP contribution in [-0.4, -0.2) is 31.1 Å². The fourth-order valence-corrected chi connectivity index (χ4v) is 3.10. The lowest BCUT2D eigenvalue weighted by Crippen LogP contribution is -2.25. The zero-order valence-corrected chi connectivity index (χ0v) is 14.5. The zero-order chi connectivity index (χ0) is 16.9. The number of likely N-dealkylation sites (tertiary alicyclic amines) is 1. The van der Waals surface area contributed by atoms with E-state index in [2.05, 4.69) is 24.8 Å². The van der Waals surface area contributed by atoms with Gasteiger partial charge in [-0.3, -0.25) is 4.90 Å². The molecular weight excluding hydrogens is 302 g/mol. The minimum atomic E-state index is -0.324. The van der Waals surface area contributed by atoms with Crippen molar-refractivity contribution in [2.24, 2.45) is 0 Å². The number of fused-ring (bicyclic) bond motifs is 1. The summed E-state index contributed by atoms with van der Waals surface area (Å²) in [5.41, 5.74) is 2.50. The van der Waals surface area contributed by atoms with Gasteiger partial charge in [0.25, 0.3) is 0 Å². The average Bonchev–Trinajstić information content (AvgIpc) is 3.06. The molecule has 0 N–H and O–H groups in total. The van der Waals surface area contributed by atoms with E-state index in [4.69, 9.17) is 9.15 Å². The standard InChI is InChI=1S/C20H25NO3/c1-15(2)5-8-17-18(23-14-13-21-11-3-4-12-21)9-6-16-7-10-19(22)24-20(16)17/h5-7,9-10H,3-4,8,11-14H2,1-2H3. The van der Waals surface area contributed by atoms with E-state index in [9.17, 15) is 4.79 Å². The van der Waals surface area contributed by atoms with Crippen LogP contribution in [0.25, 0.3) is 11.0 Å². The number of nitrogens with zero attached hydrogens (tertiary/aromatic N) is 1. The average molecular weight is 327 g/mol. The molecule has 1 aromatic carbocycles. The second-order valence-corrected chi connectivity index (χ2v) is 6.60. The molecule has 1 aromatic heterocycles. The van der Waals surface area contributed by atoms with Crippen molar-refractivity contribution in [2.45, 2.75) is 33.1 Å². The first-order valence-corrected chi connectivity index (χ1v) is 8.68. The third-order valence-corrected chi connectivity index (χ3v) is 4.43. The van der Waals surface area contributed by atoms with Crippen LogP contribution in [0.4, 0.5) is 0 Å². The lowest BCUT2D eigenvalue weighted by atomic mass is 10.1. The summed E-state index contributed by atoms with van der Waals surface area (Å²) in [5.74, 6) is 0.813. The van der Waals surface area contributed by atoms with Crippen LogP contribution in [0.3, 0.4) is 0 Å². The van der Waals surface area contributed by atoms with Crippen molar-refractivity contribution in [1.82, 2.24) is 4.90 Å². The molecule has 0 radical (unpaired) electrons. The Balaban J connectivity index is 1.85. The third kappa shape index (κ3) is 4.06. The van der Waals surface area contributed by atoms with Crippen LogP contribution in [0.5, 0.6) is 5.75 Å². The molecule has 1 aliphatic heterocycles. The maximum absolute atomic E-state index is 11.6. The molecule has 0 aliphatic carbocycles. The van der Waals surface area contributed by atoms with Crippen LogP contribution >= 0.6 is 0 Å². The third-order valence-electron chi connectivity index (χ3n) is 4.43. The van der Waals surface area contributed by atoms with Crippen LogP contribution in [0.15, 0.2) is 45.1 Å². The van der Waals surface area contributed by atoms with Crippen LogP contribution in [-0.2, 0) is 6.42 Å². The van der Waals surface area contributed by atoms with Gasteiger partial charge in [0.1, 0.15) is 17.9 Å². The first-order chi connectivity index (χ1) is 11.6. The van der Waals surface area contributed by atoms with Crippen LogP contribution in [0.2, 0.25) is 0 Å². The van der Waals surface area contributed by atoms with Gasteiger partial charge in [0.15, 0.2) is 0 Å². The molecule has 2 heterocycles. The quantitative estimate of drug-likeness (QED) is 0.598.